The van der Waals surface area contributed by atoms with E-state index < -0.39 is 0 Å². The summed E-state index contributed by atoms with van der Waals surface area (Å²) < 4.78 is 16.5. The summed E-state index contributed by atoms with van der Waals surface area (Å²) in [6.07, 6.45) is 0. The van der Waals surface area contributed by atoms with Crippen LogP contribution in [0.2, 0.25) is 0 Å². The molecule has 0 saturated heterocycles. The van der Waals surface area contributed by atoms with E-state index in [0.29, 0.717) is 26.4 Å². The first kappa shape index (κ1) is 25.3. The molecule has 3 N–H and O–H groups in total. The van der Waals surface area contributed by atoms with Crippen LogP contribution >= 0.6 is 0 Å². The maximum atomic E-state index is 5.77. The Kier molecular flexibility index (Phi) is 11.2. The number of methoxy groups -OCH3 is 1. The molecule has 0 heterocycles. The molecule has 0 saturated carbocycles. The summed E-state index contributed by atoms with van der Waals surface area (Å²) in [7, 11) is 1.70. The van der Waals surface area contributed by atoms with Gasteiger partial charge in [-0.3, -0.25) is 0 Å². The van der Waals surface area contributed by atoms with Crippen molar-refractivity contribution in [2.45, 2.75) is 40.3 Å². The Labute approximate surface area is 192 Å². The highest BCUT2D eigenvalue weighted by atomic mass is 16.5. The topological polar surface area (TPSA) is 76.1 Å². The number of benzene rings is 2. The Morgan fingerprint density at radius 1 is 0.969 bits per heavy atom. The summed E-state index contributed by atoms with van der Waals surface area (Å²) in [5.41, 5.74) is 3.33. The zero-order chi connectivity index (χ0) is 23.2. The van der Waals surface area contributed by atoms with Gasteiger partial charge >= 0.3 is 0 Å². The van der Waals surface area contributed by atoms with Crippen molar-refractivity contribution >= 4 is 11.6 Å². The van der Waals surface area contributed by atoms with Crippen LogP contribution in [0, 0.1) is 0 Å². The third-order valence-electron chi connectivity index (χ3n) is 4.77. The second kappa shape index (κ2) is 14.2. The number of aliphatic imine (C=N–C) groups is 1. The lowest BCUT2D eigenvalue weighted by molar-refractivity contribution is 0.211. The van der Waals surface area contributed by atoms with Crippen molar-refractivity contribution in [1.82, 2.24) is 10.6 Å². The molecular formula is C25H38N4O3. The molecule has 0 bridgehead atoms. The molecule has 0 amide bonds. The van der Waals surface area contributed by atoms with E-state index in [-0.39, 0.29) is 6.04 Å². The molecule has 1 atom stereocenters. The Hall–Kier alpha value is -2.93. The lowest BCUT2D eigenvalue weighted by Crippen LogP contribution is -2.38. The normalized spacial score (nSPS) is 12.2. The minimum absolute atomic E-state index is 0.0510. The summed E-state index contributed by atoms with van der Waals surface area (Å²) in [6.45, 7) is 12.2. The van der Waals surface area contributed by atoms with Crippen molar-refractivity contribution in [3.8, 4) is 11.5 Å². The third-order valence-corrected chi connectivity index (χ3v) is 4.77. The molecular weight excluding hydrogens is 404 g/mol. The first-order chi connectivity index (χ1) is 15.6. The van der Waals surface area contributed by atoms with E-state index in [0.717, 1.165) is 47.4 Å². The van der Waals surface area contributed by atoms with Crippen molar-refractivity contribution in [1.29, 1.82) is 0 Å². The van der Waals surface area contributed by atoms with Gasteiger partial charge in [0.1, 0.15) is 0 Å². The molecule has 7 heteroatoms. The van der Waals surface area contributed by atoms with Crippen molar-refractivity contribution < 1.29 is 14.2 Å². The molecule has 7 nitrogen and oxygen atoms in total. The van der Waals surface area contributed by atoms with Gasteiger partial charge in [-0.15, -0.1) is 0 Å². The van der Waals surface area contributed by atoms with Gasteiger partial charge in [0.25, 0.3) is 0 Å². The molecule has 1 unspecified atom stereocenters. The molecule has 0 spiro atoms. The number of hydrogen-bond donors (Lipinski definition) is 3. The molecule has 2 rings (SSSR count). The van der Waals surface area contributed by atoms with E-state index in [1.807, 2.05) is 26.0 Å². The van der Waals surface area contributed by atoms with Crippen LogP contribution in [0.25, 0.3) is 0 Å². The third kappa shape index (κ3) is 8.30. The molecule has 0 radical (unpaired) electrons. The first-order valence-corrected chi connectivity index (χ1v) is 11.4. The molecule has 2 aromatic rings. The van der Waals surface area contributed by atoms with Crippen LogP contribution in [0.15, 0.2) is 47.5 Å². The molecule has 2 aromatic carbocycles. The Balaban J connectivity index is 2.04. The monoisotopic (exact) mass is 442 g/mol. The van der Waals surface area contributed by atoms with E-state index in [4.69, 9.17) is 19.2 Å². The maximum Gasteiger partial charge on any atom is 0.192 e. The van der Waals surface area contributed by atoms with Crippen LogP contribution in [-0.2, 0) is 11.3 Å². The van der Waals surface area contributed by atoms with Crippen molar-refractivity contribution in [3.63, 3.8) is 0 Å². The number of guanidine groups is 1. The smallest absolute Gasteiger partial charge is 0.192 e. The molecule has 0 aliphatic carbocycles. The number of anilines is 1. The van der Waals surface area contributed by atoms with Crippen LogP contribution in [0.1, 0.15) is 44.9 Å². The summed E-state index contributed by atoms with van der Waals surface area (Å²) in [5.74, 6) is 2.31. The van der Waals surface area contributed by atoms with Crippen LogP contribution in [0.5, 0.6) is 11.5 Å². The zero-order valence-corrected chi connectivity index (χ0v) is 20.0. The van der Waals surface area contributed by atoms with E-state index in [2.05, 4.69) is 60.1 Å². The second-order valence-electron chi connectivity index (χ2n) is 7.25. The highest BCUT2D eigenvalue weighted by Gasteiger charge is 2.12. The first-order valence-electron chi connectivity index (χ1n) is 11.4. The van der Waals surface area contributed by atoms with Crippen molar-refractivity contribution in [2.75, 3.05) is 45.3 Å². The van der Waals surface area contributed by atoms with Gasteiger partial charge in [-0.25, -0.2) is 4.99 Å². The van der Waals surface area contributed by atoms with Crippen LogP contribution < -0.4 is 25.4 Å². The van der Waals surface area contributed by atoms with Gasteiger partial charge in [0, 0.05) is 25.9 Å². The van der Waals surface area contributed by atoms with Crippen LogP contribution in [0.3, 0.4) is 0 Å². The number of rotatable bonds is 13. The molecule has 0 aliphatic heterocycles. The number of nitrogens with one attached hydrogen (secondary N) is 3. The summed E-state index contributed by atoms with van der Waals surface area (Å²) >= 11 is 0. The minimum atomic E-state index is 0.0510. The lowest BCUT2D eigenvalue weighted by atomic mass is 10.1. The quantitative estimate of drug-likeness (QED) is 0.243. The van der Waals surface area contributed by atoms with Gasteiger partial charge in [-0.2, -0.15) is 0 Å². The van der Waals surface area contributed by atoms with Crippen molar-refractivity contribution in [3.05, 3.63) is 53.6 Å². The fourth-order valence-electron chi connectivity index (χ4n) is 3.14. The highest BCUT2D eigenvalue weighted by molar-refractivity contribution is 5.80. The summed E-state index contributed by atoms with van der Waals surface area (Å²) in [5, 5.41) is 10.1. The molecule has 0 aliphatic rings. The van der Waals surface area contributed by atoms with Gasteiger partial charge in [0.15, 0.2) is 17.5 Å². The van der Waals surface area contributed by atoms with Gasteiger partial charge in [-0.1, -0.05) is 18.2 Å². The SMILES string of the molecule is CCNC(=NCc1ccc(NCCOC)cc1)NC(C)c1ccc(OCC)c(OCC)c1. The number of nitrogens with zero attached hydrogens (tertiary/aromatic N) is 1. The fourth-order valence-corrected chi connectivity index (χ4v) is 3.14. The molecule has 176 valence electrons. The molecule has 0 aromatic heterocycles. The highest BCUT2D eigenvalue weighted by Crippen LogP contribution is 2.30. The standard InChI is InChI=1S/C25H38N4O3/c1-6-26-25(28-18-20-9-12-22(13-10-20)27-15-16-30-5)29-19(4)21-11-14-23(31-7-2)24(17-21)32-8-3/h9-14,17,19,27H,6-8,15-16,18H2,1-5H3,(H2,26,28,29). The van der Waals surface area contributed by atoms with E-state index >= 15 is 0 Å². The van der Waals surface area contributed by atoms with Crippen molar-refractivity contribution in [2.24, 2.45) is 4.99 Å². The predicted molar refractivity (Wildman–Crippen MR) is 132 cm³/mol. The van der Waals surface area contributed by atoms with E-state index in [1.165, 1.54) is 0 Å². The summed E-state index contributed by atoms with van der Waals surface area (Å²) in [4.78, 5) is 4.76. The molecule has 32 heavy (non-hydrogen) atoms. The van der Waals surface area contributed by atoms with E-state index in [9.17, 15) is 0 Å². The van der Waals surface area contributed by atoms with Gasteiger partial charge in [0.05, 0.1) is 32.4 Å². The zero-order valence-electron chi connectivity index (χ0n) is 20.0. The van der Waals surface area contributed by atoms with E-state index in [1.54, 1.807) is 7.11 Å². The van der Waals surface area contributed by atoms with Gasteiger partial charge < -0.3 is 30.2 Å². The average molecular weight is 443 g/mol. The molecule has 0 fully saturated rings. The van der Waals surface area contributed by atoms with Crippen LogP contribution in [0.4, 0.5) is 5.69 Å². The number of ether oxygens (including phenoxy) is 3. The Morgan fingerprint density at radius 3 is 2.34 bits per heavy atom. The van der Waals surface area contributed by atoms with Gasteiger partial charge in [-0.05, 0) is 63.1 Å². The second-order valence-corrected chi connectivity index (χ2v) is 7.25. The number of hydrogen-bond acceptors (Lipinski definition) is 5. The summed E-state index contributed by atoms with van der Waals surface area (Å²) in [6, 6.07) is 14.4. The Morgan fingerprint density at radius 2 is 1.69 bits per heavy atom. The average Bonchev–Trinajstić information content (AvgIpc) is 2.80. The lowest BCUT2D eigenvalue weighted by Gasteiger charge is -2.20. The largest absolute Gasteiger partial charge is 0.490 e. The Bertz CT molecular complexity index is 824. The predicted octanol–water partition coefficient (Wildman–Crippen LogP) is 4.36. The van der Waals surface area contributed by atoms with Crippen LogP contribution in [-0.4, -0.2) is 46.0 Å². The maximum absolute atomic E-state index is 5.77. The van der Waals surface area contributed by atoms with Gasteiger partial charge in [0.2, 0.25) is 0 Å². The fraction of sp³-hybridized carbons (Fsp3) is 0.480. The minimum Gasteiger partial charge on any atom is -0.490 e.